The predicted molar refractivity (Wildman–Crippen MR) is 243 cm³/mol. The fraction of sp³-hybridized carbons (Fsp3) is 0.380. The second kappa shape index (κ2) is 16.5. The highest BCUT2D eigenvalue weighted by Gasteiger charge is 2.53. The molecule has 8 rings (SSSR count). The van der Waals surface area contributed by atoms with Gasteiger partial charge in [0.05, 0.1) is 49.1 Å². The number of aromatic nitrogens is 2. The van der Waals surface area contributed by atoms with Crippen molar-refractivity contribution in [2.75, 3.05) is 30.5 Å². The summed E-state index contributed by atoms with van der Waals surface area (Å²) in [5.41, 5.74) is -0.263. The Kier molecular flexibility index (Phi) is 11.5. The molecule has 1 atom stereocenters. The molecule has 66 heavy (non-hydrogen) atoms. The molecule has 2 aromatic heterocycles. The summed E-state index contributed by atoms with van der Waals surface area (Å²) in [6, 6.07) is 18.8. The minimum Gasteiger partial charge on any atom is -0.508 e. The number of rotatable bonds is 14. The van der Waals surface area contributed by atoms with E-state index in [9.17, 15) is 38.5 Å². The molecular formula is C50H53F3N4O9. The average Bonchev–Trinajstić information content (AvgIpc) is 3.89. The highest BCUT2D eigenvalue weighted by molar-refractivity contribution is 6.06. The summed E-state index contributed by atoms with van der Waals surface area (Å²) >= 11 is 0. The fourth-order valence-electron chi connectivity index (χ4n) is 8.65. The molecule has 0 radical (unpaired) electrons. The van der Waals surface area contributed by atoms with Crippen molar-refractivity contribution in [1.82, 2.24) is 9.55 Å². The number of anilines is 2. The van der Waals surface area contributed by atoms with E-state index in [-0.39, 0.29) is 54.9 Å². The van der Waals surface area contributed by atoms with Crippen molar-refractivity contribution in [1.29, 1.82) is 0 Å². The van der Waals surface area contributed by atoms with Crippen molar-refractivity contribution in [3.8, 4) is 17.2 Å². The van der Waals surface area contributed by atoms with Gasteiger partial charge in [0, 0.05) is 62.4 Å². The lowest BCUT2D eigenvalue weighted by Gasteiger charge is -2.31. The van der Waals surface area contributed by atoms with Crippen LogP contribution in [0.5, 0.6) is 17.2 Å². The molecule has 2 aliphatic rings. The number of fused-ring (bicyclic) bond motifs is 3. The van der Waals surface area contributed by atoms with E-state index in [1.54, 1.807) is 54.8 Å². The average molecular weight is 911 g/mol. The number of nitrogens with one attached hydrogen (secondary N) is 3. The van der Waals surface area contributed by atoms with Gasteiger partial charge in [0.2, 0.25) is 11.3 Å². The number of para-hydroxylation sites is 1. The number of aliphatic hydroxyl groups is 2. The van der Waals surface area contributed by atoms with E-state index in [2.05, 4.69) is 25.1 Å². The number of benzene rings is 4. The fourth-order valence-corrected chi connectivity index (χ4v) is 8.65. The Morgan fingerprint density at radius 1 is 0.894 bits per heavy atom. The van der Waals surface area contributed by atoms with Crippen LogP contribution in [-0.2, 0) is 37.7 Å². The number of phenolic OH excluding ortho intramolecular Hbond substituents is 1. The second-order valence-electron chi connectivity index (χ2n) is 19.7. The Labute approximate surface area is 378 Å². The molecule has 0 unspecified atom stereocenters. The number of aromatic hydroxyl groups is 1. The third kappa shape index (κ3) is 8.72. The number of aromatic amines is 1. The third-order valence-electron chi connectivity index (χ3n) is 12.6. The quantitative estimate of drug-likeness (QED) is 0.0624. The van der Waals surface area contributed by atoms with Crippen molar-refractivity contribution in [3.63, 3.8) is 0 Å². The number of hydrogen-bond donors (Lipinski definition) is 6. The molecule has 13 nitrogen and oxygen atoms in total. The van der Waals surface area contributed by atoms with E-state index in [1.807, 2.05) is 34.6 Å². The summed E-state index contributed by atoms with van der Waals surface area (Å²) in [4.78, 5) is 43.4. The Morgan fingerprint density at radius 2 is 1.61 bits per heavy atom. The molecule has 6 N–H and O–H groups in total. The zero-order valence-corrected chi connectivity index (χ0v) is 37.7. The number of halogens is 3. The lowest BCUT2D eigenvalue weighted by molar-refractivity contribution is -0.286. The molecule has 348 valence electrons. The van der Waals surface area contributed by atoms with E-state index < -0.39 is 57.1 Å². The minimum absolute atomic E-state index is 0.0477. The maximum absolute atomic E-state index is 16.0. The molecule has 0 spiro atoms. The van der Waals surface area contributed by atoms with Crippen LogP contribution in [0.25, 0.3) is 21.8 Å². The first kappa shape index (κ1) is 46.2. The molecule has 1 saturated carbocycles. The molecule has 1 fully saturated rings. The number of carbonyl (C=O) groups is 2. The van der Waals surface area contributed by atoms with Crippen LogP contribution in [0.2, 0.25) is 0 Å². The van der Waals surface area contributed by atoms with E-state index in [0.29, 0.717) is 62.7 Å². The summed E-state index contributed by atoms with van der Waals surface area (Å²) in [5.74, 6) is -2.35. The number of amides is 2. The highest BCUT2D eigenvalue weighted by atomic mass is 19.3. The minimum atomic E-state index is -3.82. The largest absolute Gasteiger partial charge is 0.586 e. The van der Waals surface area contributed by atoms with Crippen molar-refractivity contribution >= 4 is 45.0 Å². The Hall–Kier alpha value is -6.36. The molecule has 16 heteroatoms. The number of carbonyl (C=O) groups excluding carboxylic acids is 2. The first-order chi connectivity index (χ1) is 30.9. The number of aliphatic hydroxyl groups excluding tert-OH is 2. The zero-order valence-electron chi connectivity index (χ0n) is 37.7. The van der Waals surface area contributed by atoms with Gasteiger partial charge in [-0.25, -0.2) is 4.39 Å². The molecule has 0 saturated heterocycles. The normalized spacial score (nSPS) is 15.8. The molecule has 3 heterocycles. The first-order valence-corrected chi connectivity index (χ1v) is 21.6. The van der Waals surface area contributed by atoms with Crippen LogP contribution in [0.4, 0.5) is 24.5 Å². The predicted octanol–water partition coefficient (Wildman–Crippen LogP) is 8.49. The number of alkyl halides is 2. The third-order valence-corrected chi connectivity index (χ3v) is 12.6. The number of pyridine rings is 1. The topological polar surface area (TPSA) is 184 Å². The van der Waals surface area contributed by atoms with Crippen molar-refractivity contribution in [2.24, 2.45) is 0 Å². The maximum atomic E-state index is 16.0. The molecule has 1 aliphatic carbocycles. The lowest BCUT2D eigenvalue weighted by atomic mass is 9.78. The van der Waals surface area contributed by atoms with E-state index >= 15 is 4.39 Å². The Balaban J connectivity index is 0.972. The second-order valence-corrected chi connectivity index (χ2v) is 19.7. The maximum Gasteiger partial charge on any atom is 0.586 e. The van der Waals surface area contributed by atoms with Crippen LogP contribution in [-0.4, -0.2) is 68.9 Å². The van der Waals surface area contributed by atoms with Crippen molar-refractivity contribution in [2.45, 2.75) is 102 Å². The summed E-state index contributed by atoms with van der Waals surface area (Å²) in [6.45, 7) is 12.8. The summed E-state index contributed by atoms with van der Waals surface area (Å²) in [6.07, 6.45) is -2.75. The Morgan fingerprint density at radius 3 is 2.30 bits per heavy atom. The Bertz CT molecular complexity index is 2970. The summed E-state index contributed by atoms with van der Waals surface area (Å²) in [5, 5.41) is 39.6. The van der Waals surface area contributed by atoms with E-state index in [0.717, 1.165) is 0 Å². The number of ether oxygens (including phenoxy) is 3. The van der Waals surface area contributed by atoms with Crippen LogP contribution in [0.1, 0.15) is 94.1 Å². The van der Waals surface area contributed by atoms with Crippen LogP contribution in [0.15, 0.2) is 83.8 Å². The molecule has 2 amide bonds. The molecular weight excluding hydrogens is 858 g/mol. The number of H-pyrrole nitrogens is 1. The van der Waals surface area contributed by atoms with E-state index in [1.165, 1.54) is 42.6 Å². The van der Waals surface area contributed by atoms with Gasteiger partial charge in [-0.05, 0) is 71.8 Å². The molecule has 1 aliphatic heterocycles. The lowest BCUT2D eigenvalue weighted by Crippen LogP contribution is -2.32. The molecule has 4 aromatic carbocycles. The zero-order chi connectivity index (χ0) is 47.7. The van der Waals surface area contributed by atoms with Gasteiger partial charge in [-0.1, -0.05) is 66.7 Å². The van der Waals surface area contributed by atoms with Crippen LogP contribution in [0.3, 0.4) is 0 Å². The van der Waals surface area contributed by atoms with Gasteiger partial charge < -0.3 is 49.7 Å². The van der Waals surface area contributed by atoms with Crippen LogP contribution < -0.4 is 25.5 Å². The highest BCUT2D eigenvalue weighted by Crippen LogP contribution is 2.52. The van der Waals surface area contributed by atoms with E-state index in [4.69, 9.17) is 4.74 Å². The van der Waals surface area contributed by atoms with Gasteiger partial charge in [-0.15, -0.1) is 8.78 Å². The first-order valence-electron chi connectivity index (χ1n) is 21.6. The van der Waals surface area contributed by atoms with Crippen LogP contribution >= 0.6 is 0 Å². The number of nitrogens with zero attached hydrogens (tertiary/aromatic N) is 1. The monoisotopic (exact) mass is 910 g/mol. The van der Waals surface area contributed by atoms with Crippen molar-refractivity contribution in [3.05, 3.63) is 123 Å². The SMILES string of the molecule is CC(C)(C)c1cc(C(C)(C)COC[C@H](O)Cn2c(C(C)(C)CO)cc3cc(NC(=O)C4(c5ccc6c(c5)OC(F)(F)O6)CC4)c(F)cc32)c(O)cc1NC(=O)c1c[nH]c2ccccc2c1=O. The smallest absolute Gasteiger partial charge is 0.508 e. The van der Waals surface area contributed by atoms with Crippen molar-refractivity contribution < 1.29 is 52.3 Å². The van der Waals surface area contributed by atoms with Gasteiger partial charge in [-0.3, -0.25) is 14.4 Å². The standard InChI is InChI=1S/C50H53F3N4O9/c1-46(2,3)32-19-33(39(60)21-36(32)55-44(62)31-22-54-35-11-9-8-10-30(35)43(31)61)48(6,7)26-64-24-29(59)23-57-38-20-34(51)37(16-27(38)17-42(57)47(4,5)25-58)56-45(63)49(14-15-49)28-12-13-40-41(18-28)66-50(52,53)65-40/h8-13,16-22,29,58-60H,14-15,23-26H2,1-7H3,(H,54,61)(H,55,62)(H,56,63)/t29-/m1/s1. The summed E-state index contributed by atoms with van der Waals surface area (Å²) < 4.78 is 60.2. The van der Waals surface area contributed by atoms with Crippen LogP contribution in [0, 0.1) is 5.82 Å². The van der Waals surface area contributed by atoms with Gasteiger partial charge in [0.15, 0.2) is 11.5 Å². The molecule has 0 bridgehead atoms. The summed E-state index contributed by atoms with van der Waals surface area (Å²) in [7, 11) is 0. The number of hydrogen-bond acceptors (Lipinski definition) is 9. The molecule has 6 aromatic rings. The van der Waals surface area contributed by atoms with Gasteiger partial charge in [0.1, 0.15) is 17.1 Å². The van der Waals surface area contributed by atoms with Gasteiger partial charge >= 0.3 is 6.29 Å². The van der Waals surface area contributed by atoms with Gasteiger partial charge in [-0.2, -0.15) is 0 Å². The van der Waals surface area contributed by atoms with Gasteiger partial charge in [0.25, 0.3) is 5.91 Å². The number of phenols is 1.